The molecule has 0 aromatic rings. The topological polar surface area (TPSA) is 24.9 Å². The van der Waals surface area contributed by atoms with Gasteiger partial charge in [0.25, 0.3) is 0 Å². The fraction of sp³-hybridized carbons (Fsp3) is 1.00. The number of piperidine rings is 1. The van der Waals surface area contributed by atoms with Gasteiger partial charge in [-0.3, -0.25) is 4.90 Å². The second-order valence-electron chi connectivity index (χ2n) is 8.74. The van der Waals surface area contributed by atoms with Crippen molar-refractivity contribution in [1.82, 2.24) is 9.80 Å². The summed E-state index contributed by atoms with van der Waals surface area (Å²) in [4.78, 5) is 4.87. The number of likely N-dealkylation sites (tertiary alicyclic amines) is 2. The van der Waals surface area contributed by atoms with Crippen molar-refractivity contribution in [1.29, 1.82) is 0 Å². The summed E-state index contributed by atoms with van der Waals surface area (Å²) < 4.78 is 12.4. The van der Waals surface area contributed by atoms with Crippen LogP contribution < -0.4 is 0 Å². The Labute approximate surface area is 137 Å². The summed E-state index contributed by atoms with van der Waals surface area (Å²) >= 11 is 0. The Hall–Kier alpha value is -0.160. The number of nitrogens with zero attached hydrogens (tertiary/aromatic N) is 2. The van der Waals surface area contributed by atoms with Crippen molar-refractivity contribution < 1.29 is 9.47 Å². The van der Waals surface area contributed by atoms with Crippen LogP contribution in [0.5, 0.6) is 0 Å². The van der Waals surface area contributed by atoms with E-state index in [0.717, 1.165) is 26.1 Å². The van der Waals surface area contributed by atoms with E-state index in [4.69, 9.17) is 9.47 Å². The van der Waals surface area contributed by atoms with E-state index < -0.39 is 0 Å². The molecule has 130 valence electrons. The lowest BCUT2D eigenvalue weighted by atomic mass is 10.0. The summed E-state index contributed by atoms with van der Waals surface area (Å²) in [5.74, 6) is 0. The molecule has 2 aliphatic heterocycles. The van der Waals surface area contributed by atoms with Crippen molar-refractivity contribution in [3.8, 4) is 0 Å². The van der Waals surface area contributed by atoms with E-state index >= 15 is 0 Å². The molecular formula is C18H36N2O2. The first-order valence-electron chi connectivity index (χ1n) is 8.89. The highest BCUT2D eigenvalue weighted by atomic mass is 16.5. The number of ether oxygens (including phenoxy) is 2. The van der Waals surface area contributed by atoms with Crippen molar-refractivity contribution in [2.75, 3.05) is 39.8 Å². The first kappa shape index (κ1) is 18.2. The van der Waals surface area contributed by atoms with Crippen LogP contribution in [0.2, 0.25) is 0 Å². The molecule has 2 heterocycles. The highest BCUT2D eigenvalue weighted by Crippen LogP contribution is 2.25. The van der Waals surface area contributed by atoms with Gasteiger partial charge in [-0.05, 0) is 60.9 Å². The van der Waals surface area contributed by atoms with Crippen LogP contribution in [0.15, 0.2) is 0 Å². The van der Waals surface area contributed by atoms with Crippen LogP contribution >= 0.6 is 0 Å². The number of rotatable bonds is 6. The lowest BCUT2D eigenvalue weighted by molar-refractivity contribution is -0.134. The summed E-state index contributed by atoms with van der Waals surface area (Å²) in [6.07, 6.45) is 4.30. The number of hydrogen-bond acceptors (Lipinski definition) is 4. The SMILES string of the molecule is CN1CCC(OC(C)(C)CCN2CC(OC(C)(C)C)C2)CC1. The Bertz CT molecular complexity index is 337. The van der Waals surface area contributed by atoms with E-state index in [-0.39, 0.29) is 11.2 Å². The van der Waals surface area contributed by atoms with E-state index in [1.807, 2.05) is 0 Å². The molecule has 0 aliphatic carbocycles. The molecule has 2 saturated heterocycles. The van der Waals surface area contributed by atoms with Crippen LogP contribution in [0.1, 0.15) is 53.9 Å². The second kappa shape index (κ2) is 7.16. The Kier molecular flexibility index (Phi) is 5.92. The average Bonchev–Trinajstić information content (AvgIpc) is 2.33. The summed E-state index contributed by atoms with van der Waals surface area (Å²) in [5, 5.41) is 0. The molecule has 0 bridgehead atoms. The lowest BCUT2D eigenvalue weighted by Gasteiger charge is -2.43. The molecule has 0 aromatic heterocycles. The third kappa shape index (κ3) is 6.15. The van der Waals surface area contributed by atoms with Crippen molar-refractivity contribution in [3.05, 3.63) is 0 Å². The Morgan fingerprint density at radius 1 is 0.909 bits per heavy atom. The van der Waals surface area contributed by atoms with E-state index in [9.17, 15) is 0 Å². The Morgan fingerprint density at radius 2 is 1.50 bits per heavy atom. The average molecular weight is 312 g/mol. The quantitative estimate of drug-likeness (QED) is 0.753. The van der Waals surface area contributed by atoms with Gasteiger partial charge in [0.05, 0.1) is 23.4 Å². The molecule has 2 rings (SSSR count). The van der Waals surface area contributed by atoms with E-state index in [1.54, 1.807) is 0 Å². The maximum atomic E-state index is 6.37. The van der Waals surface area contributed by atoms with Crippen molar-refractivity contribution >= 4 is 0 Å². The zero-order valence-electron chi connectivity index (χ0n) is 15.5. The van der Waals surface area contributed by atoms with Crippen LogP contribution in [0.25, 0.3) is 0 Å². The summed E-state index contributed by atoms with van der Waals surface area (Å²) in [6.45, 7) is 16.5. The highest BCUT2D eigenvalue weighted by molar-refractivity contribution is 4.85. The first-order chi connectivity index (χ1) is 10.1. The maximum Gasteiger partial charge on any atom is 0.0835 e. The van der Waals surface area contributed by atoms with Crippen molar-refractivity contribution in [3.63, 3.8) is 0 Å². The van der Waals surface area contributed by atoms with Gasteiger partial charge < -0.3 is 14.4 Å². The van der Waals surface area contributed by atoms with Crippen LogP contribution in [0, 0.1) is 0 Å². The molecule has 0 radical (unpaired) electrons. The zero-order valence-corrected chi connectivity index (χ0v) is 15.5. The minimum absolute atomic E-state index is 0.0173. The second-order valence-corrected chi connectivity index (χ2v) is 8.74. The molecule has 4 nitrogen and oxygen atoms in total. The van der Waals surface area contributed by atoms with Crippen LogP contribution in [-0.4, -0.2) is 73.0 Å². The maximum absolute atomic E-state index is 6.37. The summed E-state index contributed by atoms with van der Waals surface area (Å²) in [7, 11) is 2.20. The van der Waals surface area contributed by atoms with Gasteiger partial charge in [0.1, 0.15) is 0 Å². The molecule has 22 heavy (non-hydrogen) atoms. The minimum Gasteiger partial charge on any atom is -0.372 e. The van der Waals surface area contributed by atoms with Gasteiger partial charge in [-0.15, -0.1) is 0 Å². The predicted octanol–water partition coefficient (Wildman–Crippen LogP) is 2.77. The fourth-order valence-electron chi connectivity index (χ4n) is 3.32. The summed E-state index contributed by atoms with van der Waals surface area (Å²) in [6, 6.07) is 0. The molecule has 0 saturated carbocycles. The number of hydrogen-bond donors (Lipinski definition) is 0. The Balaban J connectivity index is 1.62. The predicted molar refractivity (Wildman–Crippen MR) is 91.4 cm³/mol. The van der Waals surface area contributed by atoms with Crippen LogP contribution in [0.3, 0.4) is 0 Å². The smallest absolute Gasteiger partial charge is 0.0835 e. The van der Waals surface area contributed by atoms with Crippen LogP contribution in [-0.2, 0) is 9.47 Å². The highest BCUT2D eigenvalue weighted by Gasteiger charge is 2.33. The molecule has 0 N–H and O–H groups in total. The first-order valence-corrected chi connectivity index (χ1v) is 8.89. The zero-order chi connectivity index (χ0) is 16.4. The molecular weight excluding hydrogens is 276 g/mol. The molecule has 0 amide bonds. The molecule has 0 spiro atoms. The van der Waals surface area contributed by atoms with Gasteiger partial charge in [0.15, 0.2) is 0 Å². The molecule has 0 atom stereocenters. The van der Waals surface area contributed by atoms with E-state index in [0.29, 0.717) is 12.2 Å². The molecule has 2 aliphatic rings. The van der Waals surface area contributed by atoms with Gasteiger partial charge >= 0.3 is 0 Å². The van der Waals surface area contributed by atoms with Crippen molar-refractivity contribution in [2.45, 2.75) is 77.3 Å². The molecule has 0 aromatic carbocycles. The van der Waals surface area contributed by atoms with Gasteiger partial charge in [-0.25, -0.2) is 0 Å². The fourth-order valence-corrected chi connectivity index (χ4v) is 3.32. The third-order valence-corrected chi connectivity index (χ3v) is 4.63. The third-order valence-electron chi connectivity index (χ3n) is 4.63. The van der Waals surface area contributed by atoms with E-state index in [1.165, 1.54) is 25.9 Å². The summed E-state index contributed by atoms with van der Waals surface area (Å²) in [5.41, 5.74) is -0.0379. The molecule has 2 fully saturated rings. The minimum atomic E-state index is -0.0206. The van der Waals surface area contributed by atoms with Gasteiger partial charge in [0, 0.05) is 32.7 Å². The van der Waals surface area contributed by atoms with Gasteiger partial charge in [-0.2, -0.15) is 0 Å². The molecule has 0 unspecified atom stereocenters. The van der Waals surface area contributed by atoms with Gasteiger partial charge in [0.2, 0.25) is 0 Å². The lowest BCUT2D eigenvalue weighted by Crippen LogP contribution is -2.55. The van der Waals surface area contributed by atoms with Gasteiger partial charge in [-0.1, -0.05) is 0 Å². The van der Waals surface area contributed by atoms with Crippen LogP contribution in [0.4, 0.5) is 0 Å². The van der Waals surface area contributed by atoms with Crippen molar-refractivity contribution in [2.24, 2.45) is 0 Å². The standard InChI is InChI=1S/C18H36N2O2/c1-17(2,3)21-16-13-20(14-16)12-9-18(4,5)22-15-7-10-19(6)11-8-15/h15-16H,7-14H2,1-6H3. The normalized spacial score (nSPS) is 23.7. The monoisotopic (exact) mass is 312 g/mol. The molecule has 4 heteroatoms. The van der Waals surface area contributed by atoms with E-state index in [2.05, 4.69) is 51.5 Å². The Morgan fingerprint density at radius 3 is 2.05 bits per heavy atom. The largest absolute Gasteiger partial charge is 0.372 e.